The van der Waals surface area contributed by atoms with Crippen LogP contribution < -0.4 is 4.74 Å². The quantitative estimate of drug-likeness (QED) is 0.565. The molecule has 4 aliphatic carbocycles. The summed E-state index contributed by atoms with van der Waals surface area (Å²) in [5, 5.41) is 10.9. The highest BCUT2D eigenvalue weighted by Gasteiger charge is 2.51. The molecule has 1 atom stereocenters. The Labute approximate surface area is 204 Å². The van der Waals surface area contributed by atoms with Crippen LogP contribution >= 0.6 is 0 Å². The molecule has 1 aliphatic heterocycles. The topological polar surface area (TPSA) is 38.7 Å². The van der Waals surface area contributed by atoms with Crippen molar-refractivity contribution in [1.82, 2.24) is 0 Å². The first-order chi connectivity index (χ1) is 16.6. The average Bonchev–Trinajstić information content (AvgIpc) is 2.83. The Kier molecular flexibility index (Phi) is 6.17. The van der Waals surface area contributed by atoms with Crippen molar-refractivity contribution >= 4 is 0 Å². The van der Waals surface area contributed by atoms with Gasteiger partial charge in [-0.15, -0.1) is 0 Å². The summed E-state index contributed by atoms with van der Waals surface area (Å²) in [6, 6.07) is 19.5. The number of ether oxygens (including phenoxy) is 2. The molecule has 1 heterocycles. The summed E-state index contributed by atoms with van der Waals surface area (Å²) < 4.78 is 12.6. The monoisotopic (exact) mass is 462 g/mol. The minimum atomic E-state index is -0.496. The van der Waals surface area contributed by atoms with E-state index in [-0.39, 0.29) is 0 Å². The van der Waals surface area contributed by atoms with E-state index in [1.54, 1.807) is 0 Å². The molecule has 4 saturated carbocycles. The summed E-state index contributed by atoms with van der Waals surface area (Å²) in [6.45, 7) is 5.35. The first-order valence-corrected chi connectivity index (χ1v) is 13.5. The number of aliphatic hydroxyl groups is 1. The van der Waals surface area contributed by atoms with E-state index >= 15 is 0 Å². The summed E-state index contributed by atoms with van der Waals surface area (Å²) in [5.74, 6) is 3.76. The second-order valence-electron chi connectivity index (χ2n) is 11.9. The molecular weight excluding hydrogens is 422 g/mol. The van der Waals surface area contributed by atoms with Crippen LogP contribution in [0.1, 0.15) is 49.7 Å². The highest BCUT2D eigenvalue weighted by molar-refractivity contribution is 5.34. The number of nitrogens with zero attached hydrogens (tertiary/aromatic N) is 1. The number of quaternary nitrogens is 1. The fraction of sp³-hybridized carbons (Fsp3) is 0.600. The molecule has 34 heavy (non-hydrogen) atoms. The molecule has 5 aliphatic rings. The largest absolute Gasteiger partial charge is 0.491 e. The lowest BCUT2D eigenvalue weighted by molar-refractivity contribution is -0.950. The Hall–Kier alpha value is -1.88. The van der Waals surface area contributed by atoms with Crippen molar-refractivity contribution < 1.29 is 19.1 Å². The Bertz CT molecular complexity index is 915. The molecule has 4 nitrogen and oxygen atoms in total. The molecule has 0 unspecified atom stereocenters. The van der Waals surface area contributed by atoms with Gasteiger partial charge in [0.25, 0.3) is 0 Å². The minimum Gasteiger partial charge on any atom is -0.491 e. The van der Waals surface area contributed by atoms with Crippen molar-refractivity contribution in [3.63, 3.8) is 0 Å². The molecule has 4 heteroatoms. The van der Waals surface area contributed by atoms with Crippen LogP contribution in [0, 0.1) is 17.8 Å². The van der Waals surface area contributed by atoms with Crippen LogP contribution in [-0.4, -0.2) is 55.1 Å². The molecule has 0 spiro atoms. The Morgan fingerprint density at radius 2 is 1.50 bits per heavy atom. The zero-order valence-electron chi connectivity index (χ0n) is 20.4. The maximum absolute atomic E-state index is 10.9. The van der Waals surface area contributed by atoms with Gasteiger partial charge in [0.05, 0.1) is 13.2 Å². The lowest BCUT2D eigenvalue weighted by Gasteiger charge is -2.57. The second-order valence-corrected chi connectivity index (χ2v) is 11.9. The first kappa shape index (κ1) is 22.6. The van der Waals surface area contributed by atoms with Crippen molar-refractivity contribution in [3.8, 4) is 5.75 Å². The standard InChI is InChI=1S/C30H40NO3/c32-28(21-31(10-12-33-13-11-31)20-23-4-2-1-3-5-23)22-34-29-8-6-27(7-9-29)30-17-24-14-25(18-30)16-26(15-24)19-30/h1-9,24-26,28,32H,10-22H2/q+1/t24?,25?,26?,28-,30?/m0/s1. The number of rotatable bonds is 8. The minimum absolute atomic E-state index is 0.340. The molecular formula is C30H40NO3+. The number of morpholine rings is 1. The van der Waals surface area contributed by atoms with Crippen molar-refractivity contribution in [2.24, 2.45) is 17.8 Å². The summed E-state index contributed by atoms with van der Waals surface area (Å²) in [6.07, 6.45) is 8.12. The molecule has 0 amide bonds. The zero-order chi connectivity index (χ0) is 23.0. The maximum atomic E-state index is 10.9. The summed E-state index contributed by atoms with van der Waals surface area (Å²) in [7, 11) is 0. The summed E-state index contributed by atoms with van der Waals surface area (Å²) in [5.41, 5.74) is 3.27. The third kappa shape index (κ3) is 4.65. The van der Waals surface area contributed by atoms with E-state index in [1.165, 1.54) is 49.7 Å². The van der Waals surface area contributed by atoms with Gasteiger partial charge in [-0.1, -0.05) is 42.5 Å². The van der Waals surface area contributed by atoms with Crippen molar-refractivity contribution in [1.29, 1.82) is 0 Å². The zero-order valence-corrected chi connectivity index (χ0v) is 20.4. The van der Waals surface area contributed by atoms with Crippen molar-refractivity contribution in [2.75, 3.05) is 39.5 Å². The van der Waals surface area contributed by atoms with Gasteiger partial charge in [0.2, 0.25) is 0 Å². The number of aliphatic hydroxyl groups excluding tert-OH is 1. The van der Waals surface area contributed by atoms with Crippen LogP contribution in [0.15, 0.2) is 54.6 Å². The lowest BCUT2D eigenvalue weighted by Crippen LogP contribution is -2.58. The highest BCUT2D eigenvalue weighted by atomic mass is 16.5. The normalized spacial score (nSPS) is 32.4. The predicted octanol–water partition coefficient (Wildman–Crippen LogP) is 4.94. The van der Waals surface area contributed by atoms with E-state index in [0.717, 1.165) is 60.8 Å². The maximum Gasteiger partial charge on any atom is 0.137 e. The number of hydrogen-bond donors (Lipinski definition) is 1. The first-order valence-electron chi connectivity index (χ1n) is 13.5. The predicted molar refractivity (Wildman–Crippen MR) is 134 cm³/mol. The molecule has 2 aromatic carbocycles. The lowest BCUT2D eigenvalue weighted by atomic mass is 9.48. The van der Waals surface area contributed by atoms with Gasteiger partial charge < -0.3 is 19.1 Å². The van der Waals surface area contributed by atoms with Gasteiger partial charge >= 0.3 is 0 Å². The number of hydrogen-bond acceptors (Lipinski definition) is 3. The van der Waals surface area contributed by atoms with Gasteiger partial charge in [-0.25, -0.2) is 0 Å². The molecule has 1 saturated heterocycles. The van der Waals surface area contributed by atoms with Gasteiger partial charge in [0.1, 0.15) is 44.6 Å². The molecule has 7 rings (SSSR count). The van der Waals surface area contributed by atoms with Crippen molar-refractivity contribution in [2.45, 2.75) is 56.6 Å². The third-order valence-electron chi connectivity index (χ3n) is 9.33. The molecule has 2 aromatic rings. The van der Waals surface area contributed by atoms with Crippen LogP contribution in [0.5, 0.6) is 5.75 Å². The van der Waals surface area contributed by atoms with E-state index in [9.17, 15) is 5.11 Å². The van der Waals surface area contributed by atoms with E-state index in [0.29, 0.717) is 18.6 Å². The fourth-order valence-electron chi connectivity index (χ4n) is 8.17. The molecule has 1 N–H and O–H groups in total. The molecule has 0 aromatic heterocycles. The van der Waals surface area contributed by atoms with Gasteiger partial charge in [-0.2, -0.15) is 0 Å². The third-order valence-corrected chi connectivity index (χ3v) is 9.33. The SMILES string of the molecule is O[C@H](COc1ccc(C23CC4CC(CC(C4)C2)C3)cc1)C[N+]1(Cc2ccccc2)CCOCC1. The Morgan fingerprint density at radius 1 is 0.882 bits per heavy atom. The fourth-order valence-corrected chi connectivity index (χ4v) is 8.17. The van der Waals surface area contributed by atoms with Gasteiger partial charge in [0.15, 0.2) is 0 Å². The smallest absolute Gasteiger partial charge is 0.137 e. The van der Waals surface area contributed by atoms with Crippen molar-refractivity contribution in [3.05, 3.63) is 65.7 Å². The molecule has 0 radical (unpaired) electrons. The molecule has 4 bridgehead atoms. The summed E-state index contributed by atoms with van der Waals surface area (Å²) >= 11 is 0. The molecule has 182 valence electrons. The van der Waals surface area contributed by atoms with Crippen LogP contribution in [-0.2, 0) is 16.7 Å². The van der Waals surface area contributed by atoms with E-state index in [1.807, 2.05) is 0 Å². The Balaban J connectivity index is 1.07. The molecule has 5 fully saturated rings. The van der Waals surface area contributed by atoms with Crippen LogP contribution in [0.3, 0.4) is 0 Å². The average molecular weight is 463 g/mol. The van der Waals surface area contributed by atoms with Gasteiger partial charge in [-0.3, -0.25) is 0 Å². The van der Waals surface area contributed by atoms with E-state index in [4.69, 9.17) is 9.47 Å². The van der Waals surface area contributed by atoms with Gasteiger partial charge in [-0.05, 0) is 79.4 Å². The summed E-state index contributed by atoms with van der Waals surface area (Å²) in [4.78, 5) is 0. The van der Waals surface area contributed by atoms with Crippen LogP contribution in [0.2, 0.25) is 0 Å². The second kappa shape index (κ2) is 9.29. The highest BCUT2D eigenvalue weighted by Crippen LogP contribution is 2.60. The Morgan fingerprint density at radius 3 is 2.12 bits per heavy atom. The van der Waals surface area contributed by atoms with E-state index < -0.39 is 6.10 Å². The van der Waals surface area contributed by atoms with Crippen LogP contribution in [0.25, 0.3) is 0 Å². The number of benzene rings is 2. The van der Waals surface area contributed by atoms with Gasteiger partial charge in [0, 0.05) is 5.56 Å². The van der Waals surface area contributed by atoms with E-state index in [2.05, 4.69) is 54.6 Å². The van der Waals surface area contributed by atoms with Crippen LogP contribution in [0.4, 0.5) is 0 Å².